The molecule has 3 aromatic rings. The Morgan fingerprint density at radius 3 is 2.23 bits per heavy atom. The molecule has 31 heavy (non-hydrogen) atoms. The van der Waals surface area contributed by atoms with Crippen molar-refractivity contribution in [2.45, 2.75) is 51.4 Å². The predicted molar refractivity (Wildman–Crippen MR) is 119 cm³/mol. The Balaban J connectivity index is 1.93. The second kappa shape index (κ2) is 8.07. The van der Waals surface area contributed by atoms with Crippen molar-refractivity contribution in [1.29, 1.82) is 0 Å². The van der Waals surface area contributed by atoms with E-state index in [0.29, 0.717) is 41.4 Å². The molecule has 1 unspecified atom stereocenters. The minimum atomic E-state index is -1.13. The smallest absolute Gasteiger partial charge is 0.335 e. The van der Waals surface area contributed by atoms with Crippen molar-refractivity contribution in [3.8, 4) is 5.69 Å². The molecule has 1 fully saturated rings. The van der Waals surface area contributed by atoms with Gasteiger partial charge in [0.1, 0.15) is 0 Å². The average molecular weight is 424 g/mol. The Labute approximate surface area is 179 Å². The lowest BCUT2D eigenvalue weighted by Crippen LogP contribution is -2.40. The van der Waals surface area contributed by atoms with Crippen molar-refractivity contribution in [3.63, 3.8) is 0 Å². The quantitative estimate of drug-likeness (QED) is 0.595. The van der Waals surface area contributed by atoms with Gasteiger partial charge in [0, 0.05) is 13.0 Å². The molecule has 0 amide bonds. The molecule has 0 spiro atoms. The summed E-state index contributed by atoms with van der Waals surface area (Å²) in [6, 6.07) is 10.4. The summed E-state index contributed by atoms with van der Waals surface area (Å²) in [7, 11) is 1.61. The molecule has 2 aromatic carbocycles. The van der Waals surface area contributed by atoms with E-state index in [1.165, 1.54) is 9.13 Å². The van der Waals surface area contributed by atoms with Gasteiger partial charge in [0.05, 0.1) is 34.9 Å². The van der Waals surface area contributed by atoms with Gasteiger partial charge in [-0.3, -0.25) is 9.36 Å². The van der Waals surface area contributed by atoms with E-state index >= 15 is 0 Å². The maximum absolute atomic E-state index is 13.5. The van der Waals surface area contributed by atoms with Crippen LogP contribution in [0.15, 0.2) is 46.0 Å². The molecule has 4 rings (SSSR count). The summed E-state index contributed by atoms with van der Waals surface area (Å²) in [5.41, 5.74) is 2.15. The summed E-state index contributed by atoms with van der Waals surface area (Å²) in [4.78, 5) is 26.5. The highest BCUT2D eigenvalue weighted by Gasteiger charge is 2.37. The van der Waals surface area contributed by atoms with E-state index in [4.69, 9.17) is 0 Å². The second-order valence-electron chi connectivity index (χ2n) is 8.59. The number of fused-ring (bicyclic) bond motifs is 1. The highest BCUT2D eigenvalue weighted by molar-refractivity contribution is 5.79. The summed E-state index contributed by atoms with van der Waals surface area (Å²) in [5, 5.41) is 31.9. The molecule has 7 heteroatoms. The zero-order chi connectivity index (χ0) is 22.4. The van der Waals surface area contributed by atoms with Gasteiger partial charge in [0.2, 0.25) is 0 Å². The number of hydrogen-bond acceptors (Lipinski definition) is 5. The maximum atomic E-state index is 13.5. The molecule has 4 atom stereocenters. The van der Waals surface area contributed by atoms with Gasteiger partial charge in [-0.1, -0.05) is 24.3 Å². The van der Waals surface area contributed by atoms with Crippen LogP contribution in [0.25, 0.3) is 16.6 Å². The molecule has 1 heterocycles. The monoisotopic (exact) mass is 424 g/mol. The Kier molecular flexibility index (Phi) is 5.60. The molecular formula is C24H28N2O5. The van der Waals surface area contributed by atoms with E-state index in [2.05, 4.69) is 0 Å². The molecule has 3 N–H and O–H groups in total. The first-order valence-corrected chi connectivity index (χ1v) is 10.6. The Morgan fingerprint density at radius 2 is 1.61 bits per heavy atom. The van der Waals surface area contributed by atoms with Crippen molar-refractivity contribution in [2.24, 2.45) is 13.0 Å². The topological polar surface area (TPSA) is 105 Å². The number of aliphatic hydroxyl groups excluding tert-OH is 3. The lowest BCUT2D eigenvalue weighted by molar-refractivity contribution is -0.0830. The van der Waals surface area contributed by atoms with Crippen molar-refractivity contribution >= 4 is 10.9 Å². The highest BCUT2D eigenvalue weighted by Crippen LogP contribution is 2.35. The minimum absolute atomic E-state index is 0.293. The molecule has 7 nitrogen and oxygen atoms in total. The molecule has 0 saturated heterocycles. The highest BCUT2D eigenvalue weighted by atomic mass is 16.3. The van der Waals surface area contributed by atoms with E-state index in [1.54, 1.807) is 25.2 Å². The first-order chi connectivity index (χ1) is 14.7. The van der Waals surface area contributed by atoms with Crippen molar-refractivity contribution < 1.29 is 15.3 Å². The van der Waals surface area contributed by atoms with E-state index in [1.807, 2.05) is 32.0 Å². The first-order valence-electron chi connectivity index (χ1n) is 10.6. The van der Waals surface area contributed by atoms with Crippen LogP contribution in [0.2, 0.25) is 0 Å². The van der Waals surface area contributed by atoms with Gasteiger partial charge in [-0.05, 0) is 61.9 Å². The molecule has 1 aromatic heterocycles. The van der Waals surface area contributed by atoms with Crippen molar-refractivity contribution in [1.82, 2.24) is 9.13 Å². The van der Waals surface area contributed by atoms with Gasteiger partial charge in [0.25, 0.3) is 5.56 Å². The molecule has 1 aliphatic carbocycles. The number of rotatable bonds is 3. The van der Waals surface area contributed by atoms with Gasteiger partial charge < -0.3 is 15.3 Å². The third kappa shape index (κ3) is 3.52. The zero-order valence-electron chi connectivity index (χ0n) is 17.9. The van der Waals surface area contributed by atoms with Crippen LogP contribution in [0.1, 0.15) is 42.1 Å². The summed E-state index contributed by atoms with van der Waals surface area (Å²) in [6.45, 7) is 3.70. The van der Waals surface area contributed by atoms with Crippen LogP contribution in [0, 0.1) is 19.8 Å². The van der Waals surface area contributed by atoms with Crippen LogP contribution in [0.3, 0.4) is 0 Å². The third-order valence-electron chi connectivity index (χ3n) is 6.55. The number of aryl methyl sites for hydroxylation is 3. The van der Waals surface area contributed by atoms with Crippen LogP contribution >= 0.6 is 0 Å². The molecular weight excluding hydrogens is 396 g/mol. The third-order valence-corrected chi connectivity index (χ3v) is 6.55. The molecule has 1 aliphatic rings. The number of aliphatic hydroxyl groups is 3. The van der Waals surface area contributed by atoms with Gasteiger partial charge in [-0.15, -0.1) is 0 Å². The molecule has 1 saturated carbocycles. The summed E-state index contributed by atoms with van der Waals surface area (Å²) in [6.07, 6.45) is -1.03. The number of aromatic nitrogens is 2. The van der Waals surface area contributed by atoms with E-state index < -0.39 is 35.5 Å². The van der Waals surface area contributed by atoms with E-state index in [9.17, 15) is 24.9 Å². The lowest BCUT2D eigenvalue weighted by Gasteiger charge is -2.35. The number of hydrogen-bond donors (Lipinski definition) is 3. The first kappa shape index (κ1) is 21.5. The van der Waals surface area contributed by atoms with Gasteiger partial charge in [-0.25, -0.2) is 9.36 Å². The van der Waals surface area contributed by atoms with Crippen LogP contribution in [0.5, 0.6) is 0 Å². The van der Waals surface area contributed by atoms with Crippen LogP contribution in [0.4, 0.5) is 0 Å². The summed E-state index contributed by atoms with van der Waals surface area (Å²) < 4.78 is 2.59. The summed E-state index contributed by atoms with van der Waals surface area (Å²) >= 11 is 0. The Morgan fingerprint density at radius 1 is 1.00 bits per heavy atom. The van der Waals surface area contributed by atoms with E-state index in [-0.39, 0.29) is 0 Å². The largest absolute Gasteiger partial charge is 0.393 e. The lowest BCUT2D eigenvalue weighted by atomic mass is 9.78. The predicted octanol–water partition coefficient (Wildman–Crippen LogP) is 1.86. The minimum Gasteiger partial charge on any atom is -0.393 e. The van der Waals surface area contributed by atoms with Gasteiger partial charge in [-0.2, -0.15) is 0 Å². The Hall–Kier alpha value is -2.74. The number of benzene rings is 2. The molecule has 0 bridgehead atoms. The molecule has 164 valence electrons. The second-order valence-corrected chi connectivity index (χ2v) is 8.59. The maximum Gasteiger partial charge on any atom is 0.335 e. The van der Waals surface area contributed by atoms with E-state index in [0.717, 1.165) is 11.1 Å². The zero-order valence-corrected chi connectivity index (χ0v) is 17.9. The van der Waals surface area contributed by atoms with Crippen LogP contribution in [-0.2, 0) is 7.05 Å². The van der Waals surface area contributed by atoms with Crippen molar-refractivity contribution in [3.05, 3.63) is 73.9 Å². The van der Waals surface area contributed by atoms with Crippen LogP contribution < -0.4 is 11.2 Å². The standard InChI is InChI=1S/C24H28N2O5/c1-13-6-4-7-14(2)21(13)26-23(30)16-12-15(10-11-17(16)25(3)24(26)31)22(29)20-18(27)8-5-9-19(20)28/h4,6-7,10-12,18-20,22,27-29H,5,8-9H2,1-3H3/t18-,19+,20?,22-/m0/s1. The normalized spacial score (nSPS) is 22.6. The fourth-order valence-electron chi connectivity index (χ4n) is 4.84. The Bertz CT molecular complexity index is 1230. The molecule has 0 radical (unpaired) electrons. The SMILES string of the molecule is Cc1cccc(C)c1-n1c(=O)c2cc([C@H](O)C3[C@H](O)CCC[C@@H]3O)ccc2n(C)c1=O. The summed E-state index contributed by atoms with van der Waals surface area (Å²) in [5.74, 6) is -0.723. The van der Waals surface area contributed by atoms with Gasteiger partial charge in [0.15, 0.2) is 0 Å². The number of para-hydroxylation sites is 1. The molecule has 0 aliphatic heterocycles. The van der Waals surface area contributed by atoms with Crippen LogP contribution in [-0.4, -0.2) is 36.7 Å². The number of nitrogens with zero attached hydrogens (tertiary/aromatic N) is 2. The van der Waals surface area contributed by atoms with Crippen molar-refractivity contribution in [2.75, 3.05) is 0 Å². The van der Waals surface area contributed by atoms with Gasteiger partial charge >= 0.3 is 5.69 Å². The fraction of sp³-hybridized carbons (Fsp3) is 0.417. The average Bonchev–Trinajstić information content (AvgIpc) is 2.73. The fourth-order valence-corrected chi connectivity index (χ4v) is 4.84.